The minimum absolute atomic E-state index is 0. The summed E-state index contributed by atoms with van der Waals surface area (Å²) in [6, 6.07) is 5.91. The van der Waals surface area contributed by atoms with Gasteiger partial charge in [-0.25, -0.2) is 4.98 Å². The van der Waals surface area contributed by atoms with Gasteiger partial charge in [-0.3, -0.25) is 0 Å². The number of rotatable bonds is 4. The van der Waals surface area contributed by atoms with E-state index in [4.69, 9.17) is 0 Å². The SMILES string of the molecule is CC(C)(C)NC[C@H](O)c1cccc(N2CCCC2)n1.S. The highest BCUT2D eigenvalue weighted by Gasteiger charge is 2.17. The Morgan fingerprint density at radius 3 is 2.55 bits per heavy atom. The van der Waals surface area contributed by atoms with E-state index in [1.54, 1.807) is 0 Å². The number of hydrogen-bond donors (Lipinski definition) is 2. The van der Waals surface area contributed by atoms with Crippen LogP contribution in [-0.4, -0.2) is 35.3 Å². The summed E-state index contributed by atoms with van der Waals surface area (Å²) in [4.78, 5) is 6.88. The van der Waals surface area contributed by atoms with Crippen LogP contribution in [0.4, 0.5) is 5.82 Å². The number of aliphatic hydroxyl groups excluding tert-OH is 1. The Hall–Kier alpha value is -0.780. The van der Waals surface area contributed by atoms with Gasteiger partial charge in [0.1, 0.15) is 11.9 Å². The monoisotopic (exact) mass is 297 g/mol. The molecule has 1 fully saturated rings. The van der Waals surface area contributed by atoms with E-state index >= 15 is 0 Å². The van der Waals surface area contributed by atoms with Gasteiger partial charge in [0.05, 0.1) is 5.69 Å². The normalized spacial score (nSPS) is 16.9. The van der Waals surface area contributed by atoms with E-state index in [1.807, 2.05) is 18.2 Å². The summed E-state index contributed by atoms with van der Waals surface area (Å²) in [5, 5.41) is 13.5. The van der Waals surface area contributed by atoms with Crippen molar-refractivity contribution in [2.24, 2.45) is 0 Å². The van der Waals surface area contributed by atoms with E-state index in [2.05, 4.69) is 36.0 Å². The number of anilines is 1. The number of hydrogen-bond acceptors (Lipinski definition) is 4. The topological polar surface area (TPSA) is 48.4 Å². The third-order valence-corrected chi connectivity index (χ3v) is 3.35. The van der Waals surface area contributed by atoms with Gasteiger partial charge in [-0.2, -0.15) is 13.5 Å². The molecule has 1 aliphatic heterocycles. The van der Waals surface area contributed by atoms with Crippen LogP contribution in [0.15, 0.2) is 18.2 Å². The molecule has 0 aliphatic carbocycles. The first kappa shape index (κ1) is 17.3. The molecule has 0 saturated carbocycles. The first-order valence-corrected chi connectivity index (χ1v) is 7.11. The quantitative estimate of drug-likeness (QED) is 0.894. The van der Waals surface area contributed by atoms with Gasteiger partial charge in [0, 0.05) is 25.2 Å². The van der Waals surface area contributed by atoms with Crippen molar-refractivity contribution in [1.82, 2.24) is 10.3 Å². The number of β-amino-alcohol motifs (C(OH)–C–C–N with tert-alkyl or cyclic N) is 1. The van der Waals surface area contributed by atoms with E-state index in [1.165, 1.54) is 12.8 Å². The molecule has 0 bridgehead atoms. The lowest BCUT2D eigenvalue weighted by Gasteiger charge is -2.23. The highest BCUT2D eigenvalue weighted by atomic mass is 32.1. The molecule has 4 nitrogen and oxygen atoms in total. The predicted octanol–water partition coefficient (Wildman–Crippen LogP) is 2.22. The summed E-state index contributed by atoms with van der Waals surface area (Å²) >= 11 is 0. The molecule has 0 unspecified atom stereocenters. The van der Waals surface area contributed by atoms with Crippen molar-refractivity contribution in [2.75, 3.05) is 24.5 Å². The molecule has 0 spiro atoms. The van der Waals surface area contributed by atoms with Crippen molar-refractivity contribution < 1.29 is 5.11 Å². The third kappa shape index (κ3) is 4.96. The summed E-state index contributed by atoms with van der Waals surface area (Å²) in [5.74, 6) is 0.991. The fourth-order valence-corrected chi connectivity index (χ4v) is 2.25. The zero-order chi connectivity index (χ0) is 13.9. The Bertz CT molecular complexity index is 414. The summed E-state index contributed by atoms with van der Waals surface area (Å²) < 4.78 is 0. The van der Waals surface area contributed by atoms with Crippen LogP contribution >= 0.6 is 13.5 Å². The highest BCUT2D eigenvalue weighted by Crippen LogP contribution is 2.20. The van der Waals surface area contributed by atoms with Crippen molar-refractivity contribution in [3.05, 3.63) is 23.9 Å². The summed E-state index contributed by atoms with van der Waals surface area (Å²) in [5.41, 5.74) is 0.759. The maximum Gasteiger partial charge on any atom is 0.128 e. The zero-order valence-corrected chi connectivity index (χ0v) is 13.7. The predicted molar refractivity (Wildman–Crippen MR) is 88.8 cm³/mol. The second kappa shape index (κ2) is 7.29. The lowest BCUT2D eigenvalue weighted by atomic mass is 10.1. The molecular weight excluding hydrogens is 270 g/mol. The van der Waals surface area contributed by atoms with Gasteiger partial charge in [0.15, 0.2) is 0 Å². The minimum Gasteiger partial charge on any atom is -0.385 e. The fourth-order valence-electron chi connectivity index (χ4n) is 2.25. The Kier molecular flexibility index (Phi) is 6.30. The zero-order valence-electron chi connectivity index (χ0n) is 12.7. The van der Waals surface area contributed by atoms with Crippen molar-refractivity contribution in [1.29, 1.82) is 0 Å². The van der Waals surface area contributed by atoms with Gasteiger partial charge in [-0.05, 0) is 45.7 Å². The van der Waals surface area contributed by atoms with Crippen LogP contribution in [0.3, 0.4) is 0 Å². The van der Waals surface area contributed by atoms with Gasteiger partial charge < -0.3 is 15.3 Å². The molecule has 1 aromatic heterocycles. The molecule has 2 heterocycles. The molecule has 2 N–H and O–H groups in total. The maximum absolute atomic E-state index is 10.2. The Labute approximate surface area is 129 Å². The number of aromatic nitrogens is 1. The molecule has 1 aliphatic rings. The molecule has 1 saturated heterocycles. The van der Waals surface area contributed by atoms with Gasteiger partial charge in [-0.1, -0.05) is 6.07 Å². The van der Waals surface area contributed by atoms with Crippen LogP contribution in [-0.2, 0) is 0 Å². The Balaban J connectivity index is 0.00000200. The van der Waals surface area contributed by atoms with Crippen LogP contribution < -0.4 is 10.2 Å². The van der Waals surface area contributed by atoms with E-state index in [9.17, 15) is 5.11 Å². The molecule has 0 aromatic carbocycles. The molecule has 0 radical (unpaired) electrons. The average Bonchev–Trinajstić information content (AvgIpc) is 2.89. The number of pyridine rings is 1. The summed E-state index contributed by atoms with van der Waals surface area (Å²) in [6.45, 7) is 8.95. The number of nitrogens with one attached hydrogen (secondary N) is 1. The molecular formula is C15H27N3OS. The van der Waals surface area contributed by atoms with E-state index in [-0.39, 0.29) is 19.0 Å². The summed E-state index contributed by atoms with van der Waals surface area (Å²) in [6.07, 6.45) is 1.92. The van der Waals surface area contributed by atoms with Gasteiger partial charge in [-0.15, -0.1) is 0 Å². The van der Waals surface area contributed by atoms with Crippen molar-refractivity contribution >= 4 is 19.3 Å². The van der Waals surface area contributed by atoms with Crippen LogP contribution in [0.5, 0.6) is 0 Å². The summed E-state index contributed by atoms with van der Waals surface area (Å²) in [7, 11) is 0. The number of aliphatic hydroxyl groups is 1. The largest absolute Gasteiger partial charge is 0.385 e. The average molecular weight is 297 g/mol. The fraction of sp³-hybridized carbons (Fsp3) is 0.667. The van der Waals surface area contributed by atoms with Gasteiger partial charge in [0.2, 0.25) is 0 Å². The van der Waals surface area contributed by atoms with Crippen LogP contribution in [0.25, 0.3) is 0 Å². The molecule has 20 heavy (non-hydrogen) atoms. The Morgan fingerprint density at radius 2 is 1.95 bits per heavy atom. The van der Waals surface area contributed by atoms with Crippen molar-refractivity contribution in [2.45, 2.75) is 45.3 Å². The van der Waals surface area contributed by atoms with E-state index < -0.39 is 6.10 Å². The van der Waals surface area contributed by atoms with Crippen LogP contribution in [0.2, 0.25) is 0 Å². The maximum atomic E-state index is 10.2. The molecule has 2 rings (SSSR count). The molecule has 1 atom stereocenters. The molecule has 0 amide bonds. The first-order valence-electron chi connectivity index (χ1n) is 7.11. The van der Waals surface area contributed by atoms with Crippen molar-refractivity contribution in [3.8, 4) is 0 Å². The second-order valence-electron chi connectivity index (χ2n) is 6.26. The molecule has 1 aromatic rings. The first-order chi connectivity index (χ1) is 8.96. The van der Waals surface area contributed by atoms with Crippen molar-refractivity contribution in [3.63, 3.8) is 0 Å². The lowest BCUT2D eigenvalue weighted by Crippen LogP contribution is -2.38. The minimum atomic E-state index is -0.554. The van der Waals surface area contributed by atoms with Crippen LogP contribution in [0.1, 0.15) is 45.4 Å². The standard InChI is InChI=1S/C15H25N3O.H2S/c1-15(2,3)16-11-13(19)12-7-6-8-14(17-12)18-9-4-5-10-18;/h6-8,13,16,19H,4-5,9-11H2,1-3H3;1H2/t13-;/m0./s1. The van der Waals surface area contributed by atoms with Crippen LogP contribution in [0, 0.1) is 0 Å². The highest BCUT2D eigenvalue weighted by molar-refractivity contribution is 7.59. The van der Waals surface area contributed by atoms with E-state index in [0.29, 0.717) is 6.54 Å². The third-order valence-electron chi connectivity index (χ3n) is 3.35. The van der Waals surface area contributed by atoms with E-state index in [0.717, 1.165) is 24.6 Å². The second-order valence-corrected chi connectivity index (χ2v) is 6.26. The van der Waals surface area contributed by atoms with Gasteiger partial charge in [0.25, 0.3) is 0 Å². The smallest absolute Gasteiger partial charge is 0.128 e. The number of nitrogens with zero attached hydrogens (tertiary/aromatic N) is 2. The lowest BCUT2D eigenvalue weighted by molar-refractivity contribution is 0.159. The molecule has 5 heteroatoms. The molecule has 114 valence electrons. The Morgan fingerprint density at radius 1 is 1.30 bits per heavy atom. The van der Waals surface area contributed by atoms with Gasteiger partial charge >= 0.3 is 0 Å².